The molecule has 6 nitrogen and oxygen atoms in total. The van der Waals surface area contributed by atoms with E-state index < -0.39 is 12.1 Å². The van der Waals surface area contributed by atoms with Crippen LogP contribution in [0.25, 0.3) is 0 Å². The lowest BCUT2D eigenvalue weighted by molar-refractivity contribution is -0.143. The van der Waals surface area contributed by atoms with Gasteiger partial charge >= 0.3 is 5.97 Å². The highest BCUT2D eigenvalue weighted by Gasteiger charge is 2.18. The second kappa shape index (κ2) is 74.1. The van der Waals surface area contributed by atoms with E-state index in [-0.39, 0.29) is 18.5 Å². The summed E-state index contributed by atoms with van der Waals surface area (Å²) in [6.07, 6.45) is 93.3. The molecule has 1 amide bonds. The van der Waals surface area contributed by atoms with Crippen LogP contribution >= 0.6 is 0 Å². The molecule has 0 rings (SSSR count). The minimum absolute atomic E-state index is 0.0241. The Kier molecular flexibility index (Phi) is 72.8. The second-order valence-corrected chi connectivity index (χ2v) is 27.1. The maximum Gasteiger partial charge on any atom is 0.305 e. The number of carbonyl (C=O) groups is 2. The molecule has 2 unspecified atom stereocenters. The average Bonchev–Trinajstić information content (AvgIpc) is 3.51. The summed E-state index contributed by atoms with van der Waals surface area (Å²) >= 11 is 0. The van der Waals surface area contributed by atoms with Gasteiger partial charge in [0.05, 0.1) is 25.4 Å². The number of aliphatic hydroxyl groups is 2. The molecular weight excluding hydrogens is 1030 g/mol. The van der Waals surface area contributed by atoms with Gasteiger partial charge < -0.3 is 20.3 Å². The van der Waals surface area contributed by atoms with E-state index >= 15 is 0 Å². The lowest BCUT2D eigenvalue weighted by Crippen LogP contribution is -2.45. The van der Waals surface area contributed by atoms with E-state index in [1.165, 1.54) is 385 Å². The van der Waals surface area contributed by atoms with E-state index in [9.17, 15) is 19.8 Å². The molecule has 0 radical (unpaired) electrons. The Morgan fingerprint density at radius 3 is 0.810 bits per heavy atom. The number of allylic oxidation sites excluding steroid dienone is 1. The largest absolute Gasteiger partial charge is 0.466 e. The third kappa shape index (κ3) is 69.7. The number of amides is 1. The van der Waals surface area contributed by atoms with Crippen molar-refractivity contribution in [3.63, 3.8) is 0 Å². The third-order valence-electron chi connectivity index (χ3n) is 18.6. The Bertz CT molecular complexity index is 1270. The molecule has 0 aromatic rings. The fourth-order valence-corrected chi connectivity index (χ4v) is 12.6. The van der Waals surface area contributed by atoms with Gasteiger partial charge in [-0.15, -0.1) is 0 Å². The summed E-state index contributed by atoms with van der Waals surface area (Å²) in [5.41, 5.74) is 0. The van der Waals surface area contributed by atoms with Gasteiger partial charge in [0.25, 0.3) is 0 Å². The van der Waals surface area contributed by atoms with E-state index in [4.69, 9.17) is 4.74 Å². The smallest absolute Gasteiger partial charge is 0.305 e. The number of rotatable bonds is 74. The molecule has 0 aliphatic carbocycles. The van der Waals surface area contributed by atoms with Crippen molar-refractivity contribution in [2.24, 2.45) is 0 Å². The van der Waals surface area contributed by atoms with E-state index in [2.05, 4.69) is 19.2 Å². The van der Waals surface area contributed by atoms with Gasteiger partial charge in [0.2, 0.25) is 5.91 Å². The van der Waals surface area contributed by atoms with Crippen LogP contribution in [0.2, 0.25) is 0 Å². The Morgan fingerprint density at radius 1 is 0.321 bits per heavy atom. The minimum atomic E-state index is -0.841. The first kappa shape index (κ1) is 82.6. The summed E-state index contributed by atoms with van der Waals surface area (Å²) in [6.45, 7) is 4.96. The lowest BCUT2D eigenvalue weighted by Gasteiger charge is -2.20. The van der Waals surface area contributed by atoms with E-state index in [0.29, 0.717) is 19.4 Å². The molecule has 2 atom stereocenters. The molecule has 0 saturated heterocycles. The van der Waals surface area contributed by atoms with Gasteiger partial charge in [-0.1, -0.05) is 418 Å². The zero-order chi connectivity index (χ0) is 60.6. The summed E-state index contributed by atoms with van der Waals surface area (Å²) in [4.78, 5) is 24.6. The maximum atomic E-state index is 12.5. The van der Waals surface area contributed by atoms with Crippen molar-refractivity contribution < 1.29 is 24.5 Å². The average molecular weight is 1190 g/mol. The van der Waals surface area contributed by atoms with Crippen LogP contribution in [0.15, 0.2) is 12.2 Å². The van der Waals surface area contributed by atoms with Crippen molar-refractivity contribution in [3.05, 3.63) is 12.2 Å². The predicted molar refractivity (Wildman–Crippen MR) is 370 cm³/mol. The molecule has 6 heteroatoms. The highest BCUT2D eigenvalue weighted by molar-refractivity contribution is 5.76. The number of hydrogen-bond acceptors (Lipinski definition) is 5. The van der Waals surface area contributed by atoms with Crippen LogP contribution in [0.3, 0.4) is 0 Å². The van der Waals surface area contributed by atoms with Crippen LogP contribution < -0.4 is 5.32 Å². The minimum Gasteiger partial charge on any atom is -0.466 e. The lowest BCUT2D eigenvalue weighted by atomic mass is 10.0. The number of unbranched alkanes of at least 4 members (excludes halogenated alkanes) is 63. The van der Waals surface area contributed by atoms with Crippen molar-refractivity contribution >= 4 is 11.9 Å². The third-order valence-corrected chi connectivity index (χ3v) is 18.6. The zero-order valence-electron chi connectivity index (χ0n) is 57.4. The molecule has 0 aromatic carbocycles. The van der Waals surface area contributed by atoms with Crippen molar-refractivity contribution in [3.8, 4) is 0 Å². The van der Waals surface area contributed by atoms with Gasteiger partial charge in [0.1, 0.15) is 0 Å². The van der Waals surface area contributed by atoms with E-state index in [0.717, 1.165) is 38.5 Å². The first-order chi connectivity index (χ1) is 41.5. The molecule has 0 aliphatic rings. The van der Waals surface area contributed by atoms with Crippen LogP contribution in [-0.2, 0) is 14.3 Å². The Labute approximate surface area is 527 Å². The van der Waals surface area contributed by atoms with E-state index in [1.54, 1.807) is 6.08 Å². The monoisotopic (exact) mass is 1180 g/mol. The normalized spacial score (nSPS) is 12.5. The Morgan fingerprint density at radius 2 is 0.548 bits per heavy atom. The molecule has 0 saturated carbocycles. The van der Waals surface area contributed by atoms with Gasteiger partial charge in [0, 0.05) is 12.8 Å². The van der Waals surface area contributed by atoms with Crippen molar-refractivity contribution in [2.45, 2.75) is 463 Å². The molecule has 0 heterocycles. The summed E-state index contributed by atoms with van der Waals surface area (Å²) in [5.74, 6) is -0.0339. The van der Waals surface area contributed by atoms with Crippen LogP contribution in [0, 0.1) is 0 Å². The molecule has 0 bridgehead atoms. The molecule has 500 valence electrons. The SMILES string of the molecule is CCCCCCCCCCCCCCCCCCCCC/C=C/C(O)C(CO)NC(=O)CCCCCCCCCCCCCCCCCCCCCCCCCCCCCCCCCCCOC(=O)CCCCCCCCCCCCCCC. The topological polar surface area (TPSA) is 95.9 Å². The van der Waals surface area contributed by atoms with Crippen LogP contribution in [0.4, 0.5) is 0 Å². The molecule has 0 aromatic heterocycles. The summed E-state index contributed by atoms with van der Waals surface area (Å²) in [6, 6.07) is -0.624. The van der Waals surface area contributed by atoms with Crippen molar-refractivity contribution in [1.82, 2.24) is 5.32 Å². The van der Waals surface area contributed by atoms with Crippen molar-refractivity contribution in [1.29, 1.82) is 0 Å². The first-order valence-electron chi connectivity index (χ1n) is 39.0. The zero-order valence-corrected chi connectivity index (χ0v) is 57.4. The highest BCUT2D eigenvalue weighted by atomic mass is 16.5. The number of nitrogens with one attached hydrogen (secondary N) is 1. The predicted octanol–water partition coefficient (Wildman–Crippen LogP) is 25.5. The molecule has 0 fully saturated rings. The number of hydrogen-bond donors (Lipinski definition) is 3. The van der Waals surface area contributed by atoms with Gasteiger partial charge in [-0.3, -0.25) is 9.59 Å². The highest BCUT2D eigenvalue weighted by Crippen LogP contribution is 2.20. The van der Waals surface area contributed by atoms with Gasteiger partial charge in [0.15, 0.2) is 0 Å². The van der Waals surface area contributed by atoms with E-state index in [1.807, 2.05) is 6.08 Å². The Hall–Kier alpha value is -1.40. The summed E-state index contributed by atoms with van der Waals surface area (Å²) in [7, 11) is 0. The molecule has 0 aliphatic heterocycles. The maximum absolute atomic E-state index is 12.5. The standard InChI is InChI=1S/C78H153NO5/c1-3-5-7-9-11-13-15-17-18-19-20-34-37-40-43-47-50-54-58-62-66-70-76(81)75(74-80)79-77(82)71-67-63-59-55-51-48-44-41-38-35-32-30-28-26-24-22-21-23-25-27-29-31-33-36-39-42-45-49-53-57-61-65-69-73-84-78(83)72-68-64-60-56-52-46-16-14-12-10-8-6-4-2/h66,70,75-76,80-81H,3-65,67-69,71-74H2,1-2H3,(H,79,82)/b70-66+. The second-order valence-electron chi connectivity index (χ2n) is 27.1. The molecular formula is C78H153NO5. The van der Waals surface area contributed by atoms with Gasteiger partial charge in [-0.05, 0) is 32.1 Å². The fourth-order valence-electron chi connectivity index (χ4n) is 12.6. The van der Waals surface area contributed by atoms with Crippen LogP contribution in [0.5, 0.6) is 0 Å². The van der Waals surface area contributed by atoms with Crippen LogP contribution in [0.1, 0.15) is 450 Å². The number of esters is 1. The first-order valence-corrected chi connectivity index (χ1v) is 39.0. The quantitative estimate of drug-likeness (QED) is 0.0320. The summed E-state index contributed by atoms with van der Waals surface area (Å²) in [5, 5.41) is 23.3. The fraction of sp³-hybridized carbons (Fsp3) is 0.949. The van der Waals surface area contributed by atoms with Crippen molar-refractivity contribution in [2.75, 3.05) is 13.2 Å². The number of ether oxygens (including phenoxy) is 1. The molecule has 84 heavy (non-hydrogen) atoms. The van der Waals surface area contributed by atoms with Gasteiger partial charge in [-0.2, -0.15) is 0 Å². The summed E-state index contributed by atoms with van der Waals surface area (Å²) < 4.78 is 5.50. The van der Waals surface area contributed by atoms with Gasteiger partial charge in [-0.25, -0.2) is 0 Å². The molecule has 3 N–H and O–H groups in total. The van der Waals surface area contributed by atoms with Crippen LogP contribution in [-0.4, -0.2) is 47.4 Å². The number of carbonyl (C=O) groups excluding carboxylic acids is 2. The molecule has 0 spiro atoms. The number of aliphatic hydroxyl groups excluding tert-OH is 2. The Balaban J connectivity index is 3.34.